The molecule has 8 nitrogen and oxygen atoms in total. The first-order valence-electron chi connectivity index (χ1n) is 10.7. The van der Waals surface area contributed by atoms with Crippen molar-refractivity contribution in [2.24, 2.45) is 5.92 Å². The van der Waals surface area contributed by atoms with Crippen molar-refractivity contribution >= 4 is 23.4 Å². The number of aromatic nitrogens is 3. The monoisotopic (exact) mass is 445 g/mol. The molecular weight excluding hydrogens is 418 g/mol. The highest BCUT2D eigenvalue weighted by Crippen LogP contribution is 2.23. The quantitative estimate of drug-likeness (QED) is 0.725. The number of hydrogen-bond donors (Lipinski definition) is 0. The largest absolute Gasteiger partial charge is 0.372 e. The molecule has 0 radical (unpaired) electrons. The van der Waals surface area contributed by atoms with E-state index in [-0.39, 0.29) is 35.8 Å². The Hall–Kier alpha value is -2.45. The molecule has 2 unspecified atom stereocenters. The lowest BCUT2D eigenvalue weighted by atomic mass is 9.94. The van der Waals surface area contributed by atoms with E-state index < -0.39 is 0 Å². The molecule has 9 heteroatoms. The van der Waals surface area contributed by atoms with E-state index >= 15 is 0 Å². The SMILES string of the molecule is Cc1nc(C(=O)N2CCC(C(=O)N3CC(C)OC(C)C3)CC2)nn1-c1ccc(Cl)cc1. The van der Waals surface area contributed by atoms with Crippen LogP contribution in [0.5, 0.6) is 0 Å². The number of morpholine rings is 1. The van der Waals surface area contributed by atoms with Gasteiger partial charge in [-0.1, -0.05) is 11.6 Å². The maximum atomic E-state index is 13.0. The van der Waals surface area contributed by atoms with Gasteiger partial charge in [-0.05, 0) is 57.9 Å². The van der Waals surface area contributed by atoms with E-state index in [0.717, 1.165) is 5.69 Å². The highest BCUT2D eigenvalue weighted by Gasteiger charge is 2.34. The van der Waals surface area contributed by atoms with Crippen LogP contribution >= 0.6 is 11.6 Å². The Morgan fingerprint density at radius 2 is 1.65 bits per heavy atom. The zero-order valence-electron chi connectivity index (χ0n) is 18.1. The van der Waals surface area contributed by atoms with Crippen LogP contribution in [0.2, 0.25) is 5.02 Å². The standard InChI is InChI=1S/C22H28ClN5O3/c1-14-12-27(13-15(2)31-14)21(29)17-8-10-26(11-9-17)22(30)20-24-16(3)28(25-20)19-6-4-18(23)5-7-19/h4-7,14-15,17H,8-13H2,1-3H3. The van der Waals surface area contributed by atoms with Crippen molar-refractivity contribution in [3.8, 4) is 5.69 Å². The molecule has 2 fully saturated rings. The molecule has 31 heavy (non-hydrogen) atoms. The first-order chi connectivity index (χ1) is 14.8. The van der Waals surface area contributed by atoms with Gasteiger partial charge in [-0.3, -0.25) is 9.59 Å². The number of likely N-dealkylation sites (tertiary alicyclic amines) is 1. The third-order valence-corrected chi connectivity index (χ3v) is 6.15. The summed E-state index contributed by atoms with van der Waals surface area (Å²) in [6.45, 7) is 8.12. The Labute approximate surface area is 187 Å². The molecule has 0 saturated carbocycles. The van der Waals surface area contributed by atoms with E-state index in [4.69, 9.17) is 16.3 Å². The molecule has 1 aromatic heterocycles. The van der Waals surface area contributed by atoms with Crippen molar-refractivity contribution in [2.45, 2.75) is 45.8 Å². The van der Waals surface area contributed by atoms with Crippen LogP contribution in [0.25, 0.3) is 5.69 Å². The average molecular weight is 446 g/mol. The van der Waals surface area contributed by atoms with Gasteiger partial charge in [0, 0.05) is 37.1 Å². The average Bonchev–Trinajstić information content (AvgIpc) is 3.14. The van der Waals surface area contributed by atoms with Crippen molar-refractivity contribution < 1.29 is 14.3 Å². The van der Waals surface area contributed by atoms with Gasteiger partial charge in [-0.25, -0.2) is 9.67 Å². The second-order valence-electron chi connectivity index (χ2n) is 8.44. The molecule has 2 amide bonds. The van der Waals surface area contributed by atoms with Crippen molar-refractivity contribution in [2.75, 3.05) is 26.2 Å². The Morgan fingerprint density at radius 3 is 2.26 bits per heavy atom. The molecule has 2 aliphatic rings. The molecule has 166 valence electrons. The van der Waals surface area contributed by atoms with Crippen molar-refractivity contribution in [1.29, 1.82) is 0 Å². The minimum atomic E-state index is -0.199. The summed E-state index contributed by atoms with van der Waals surface area (Å²) in [6.07, 6.45) is 1.42. The zero-order chi connectivity index (χ0) is 22.1. The van der Waals surface area contributed by atoms with Crippen molar-refractivity contribution in [3.05, 3.63) is 40.9 Å². The number of halogens is 1. The van der Waals surface area contributed by atoms with E-state index in [0.29, 0.717) is 49.9 Å². The smallest absolute Gasteiger partial charge is 0.293 e. The molecule has 3 heterocycles. The van der Waals surface area contributed by atoms with Crippen LogP contribution < -0.4 is 0 Å². The Kier molecular flexibility index (Phi) is 6.29. The summed E-state index contributed by atoms with van der Waals surface area (Å²) in [5.74, 6) is 0.729. The predicted octanol–water partition coefficient (Wildman–Crippen LogP) is 2.72. The Bertz CT molecular complexity index is 943. The van der Waals surface area contributed by atoms with Gasteiger partial charge >= 0.3 is 0 Å². The summed E-state index contributed by atoms with van der Waals surface area (Å²) < 4.78 is 7.37. The lowest BCUT2D eigenvalue weighted by Gasteiger charge is -2.39. The van der Waals surface area contributed by atoms with Crippen LogP contribution in [-0.2, 0) is 9.53 Å². The summed E-state index contributed by atoms with van der Waals surface area (Å²) in [5.41, 5.74) is 0.798. The van der Waals surface area contributed by atoms with Gasteiger partial charge in [0.2, 0.25) is 11.7 Å². The molecule has 2 aliphatic heterocycles. The second-order valence-corrected chi connectivity index (χ2v) is 8.87. The van der Waals surface area contributed by atoms with Gasteiger partial charge in [0.15, 0.2) is 0 Å². The lowest BCUT2D eigenvalue weighted by Crippen LogP contribution is -2.51. The minimum Gasteiger partial charge on any atom is -0.372 e. The number of nitrogens with zero attached hydrogens (tertiary/aromatic N) is 5. The number of amides is 2. The summed E-state index contributed by atoms with van der Waals surface area (Å²) in [6, 6.07) is 7.22. The predicted molar refractivity (Wildman–Crippen MR) is 116 cm³/mol. The Balaban J connectivity index is 1.38. The van der Waals surface area contributed by atoms with Crippen LogP contribution in [0.1, 0.15) is 43.1 Å². The third-order valence-electron chi connectivity index (χ3n) is 5.89. The molecule has 0 N–H and O–H groups in total. The highest BCUT2D eigenvalue weighted by molar-refractivity contribution is 6.30. The maximum Gasteiger partial charge on any atom is 0.293 e. The number of ether oxygens (including phenoxy) is 1. The van der Waals surface area contributed by atoms with E-state index in [1.807, 2.05) is 37.8 Å². The van der Waals surface area contributed by atoms with Gasteiger partial charge in [-0.2, -0.15) is 0 Å². The van der Waals surface area contributed by atoms with Crippen LogP contribution in [0, 0.1) is 12.8 Å². The molecule has 0 aliphatic carbocycles. The molecule has 0 bridgehead atoms. The number of piperidine rings is 1. The van der Waals surface area contributed by atoms with Gasteiger partial charge in [0.1, 0.15) is 5.82 Å². The number of benzene rings is 1. The second kappa shape index (κ2) is 8.96. The van der Waals surface area contributed by atoms with E-state index in [2.05, 4.69) is 10.1 Å². The summed E-state index contributed by atoms with van der Waals surface area (Å²) >= 11 is 5.95. The van der Waals surface area contributed by atoms with Gasteiger partial charge in [-0.15, -0.1) is 5.10 Å². The van der Waals surface area contributed by atoms with E-state index in [9.17, 15) is 9.59 Å². The zero-order valence-corrected chi connectivity index (χ0v) is 18.9. The van der Waals surface area contributed by atoms with E-state index in [1.54, 1.807) is 21.7 Å². The first kappa shape index (κ1) is 21.8. The van der Waals surface area contributed by atoms with Crippen LogP contribution in [0.4, 0.5) is 0 Å². The molecule has 1 aromatic carbocycles. The molecule has 0 spiro atoms. The molecule has 2 aromatic rings. The normalized spacial score (nSPS) is 22.6. The molecule has 2 atom stereocenters. The van der Waals surface area contributed by atoms with Crippen LogP contribution in [-0.4, -0.2) is 74.8 Å². The van der Waals surface area contributed by atoms with Crippen LogP contribution in [0.15, 0.2) is 24.3 Å². The van der Waals surface area contributed by atoms with Crippen molar-refractivity contribution in [1.82, 2.24) is 24.6 Å². The maximum absolute atomic E-state index is 13.0. The summed E-state index contributed by atoms with van der Waals surface area (Å²) in [5, 5.41) is 5.05. The lowest BCUT2D eigenvalue weighted by molar-refractivity contribution is -0.148. The van der Waals surface area contributed by atoms with Crippen LogP contribution in [0.3, 0.4) is 0 Å². The number of aryl methyl sites for hydroxylation is 1. The minimum absolute atomic E-state index is 0.0529. The Morgan fingerprint density at radius 1 is 1.03 bits per heavy atom. The molecule has 4 rings (SSSR count). The third kappa shape index (κ3) is 4.75. The number of hydrogen-bond acceptors (Lipinski definition) is 5. The fraction of sp³-hybridized carbons (Fsp3) is 0.545. The number of rotatable bonds is 3. The molecule has 2 saturated heterocycles. The summed E-state index contributed by atoms with van der Waals surface area (Å²) in [4.78, 5) is 33.9. The number of carbonyl (C=O) groups is 2. The number of carbonyl (C=O) groups excluding carboxylic acids is 2. The fourth-order valence-corrected chi connectivity index (χ4v) is 4.52. The van der Waals surface area contributed by atoms with Crippen molar-refractivity contribution in [3.63, 3.8) is 0 Å². The van der Waals surface area contributed by atoms with Gasteiger partial charge < -0.3 is 14.5 Å². The van der Waals surface area contributed by atoms with E-state index in [1.165, 1.54) is 0 Å². The first-order valence-corrected chi connectivity index (χ1v) is 11.1. The van der Waals surface area contributed by atoms with Gasteiger partial charge in [0.05, 0.1) is 17.9 Å². The van der Waals surface area contributed by atoms with Gasteiger partial charge in [0.25, 0.3) is 5.91 Å². The highest BCUT2D eigenvalue weighted by atomic mass is 35.5. The summed E-state index contributed by atoms with van der Waals surface area (Å²) in [7, 11) is 0. The topological polar surface area (TPSA) is 80.6 Å². The molecular formula is C22H28ClN5O3. The fourth-order valence-electron chi connectivity index (χ4n) is 4.39.